The first kappa shape index (κ1) is 23.7. The van der Waals surface area contributed by atoms with Crippen molar-refractivity contribution in [3.05, 3.63) is 81.2 Å². The van der Waals surface area contributed by atoms with Crippen molar-refractivity contribution in [3.8, 4) is 5.69 Å². The molecular weight excluding hydrogens is 406 g/mol. The molecule has 3 aromatic rings. The Morgan fingerprint density at radius 1 is 0.970 bits per heavy atom. The Morgan fingerprint density at radius 2 is 1.67 bits per heavy atom. The van der Waals surface area contributed by atoms with Crippen molar-refractivity contribution in [1.82, 2.24) is 14.7 Å². The summed E-state index contributed by atoms with van der Waals surface area (Å²) in [5.41, 5.74) is 12.0. The summed E-state index contributed by atoms with van der Waals surface area (Å²) in [5.74, 6) is 0. The first-order valence-corrected chi connectivity index (χ1v) is 12.5. The largest absolute Gasteiger partial charge is 0.380 e. The fourth-order valence-electron chi connectivity index (χ4n) is 5.51. The molecule has 176 valence electrons. The summed E-state index contributed by atoms with van der Waals surface area (Å²) >= 11 is 0. The summed E-state index contributed by atoms with van der Waals surface area (Å²) in [6, 6.07) is 13.8. The zero-order valence-electron chi connectivity index (χ0n) is 21.2. The third-order valence-corrected chi connectivity index (χ3v) is 7.03. The molecule has 0 fully saturated rings. The van der Waals surface area contributed by atoms with Gasteiger partial charge in [0.2, 0.25) is 0 Å². The van der Waals surface area contributed by atoms with E-state index in [1.165, 1.54) is 50.5 Å². The number of ether oxygens (including phenoxy) is 1. The Kier molecular flexibility index (Phi) is 7.35. The molecule has 4 nitrogen and oxygen atoms in total. The third kappa shape index (κ3) is 4.78. The van der Waals surface area contributed by atoms with E-state index in [0.29, 0.717) is 6.04 Å². The minimum absolute atomic E-state index is 0.389. The molecule has 2 aromatic carbocycles. The number of hydrogen-bond donors (Lipinski definition) is 0. The van der Waals surface area contributed by atoms with Crippen molar-refractivity contribution in [3.63, 3.8) is 0 Å². The van der Waals surface area contributed by atoms with Crippen LogP contribution in [0.4, 0.5) is 0 Å². The van der Waals surface area contributed by atoms with Crippen LogP contribution in [0.2, 0.25) is 0 Å². The highest BCUT2D eigenvalue weighted by Crippen LogP contribution is 2.30. The number of benzene rings is 2. The first-order valence-electron chi connectivity index (χ1n) is 12.5. The SMILES string of the molecule is CCOCC1Cc2ccccc2CN1Cc1c(CC)nn(-c2c(C)cc(C)cc2C)c1CC. The third-order valence-electron chi connectivity index (χ3n) is 7.03. The predicted molar refractivity (Wildman–Crippen MR) is 136 cm³/mol. The van der Waals surface area contributed by atoms with E-state index >= 15 is 0 Å². The van der Waals surface area contributed by atoms with Crippen LogP contribution in [0.3, 0.4) is 0 Å². The average Bonchev–Trinajstić information content (AvgIpc) is 3.13. The van der Waals surface area contributed by atoms with Crippen LogP contribution in [0.25, 0.3) is 5.69 Å². The average molecular weight is 446 g/mol. The molecule has 2 heterocycles. The zero-order chi connectivity index (χ0) is 23.5. The Labute approximate surface area is 199 Å². The van der Waals surface area contributed by atoms with Crippen LogP contribution in [-0.4, -0.2) is 33.9 Å². The zero-order valence-corrected chi connectivity index (χ0v) is 21.2. The standard InChI is InChI=1S/C29H39N3O/c1-7-27-26(28(8-2)32(30-27)29-21(5)14-20(4)15-22(29)6)18-31-17-24-13-11-10-12-23(24)16-25(31)19-33-9-3/h10-15,25H,7-9,16-19H2,1-6H3. The number of aryl methyl sites for hydroxylation is 4. The number of nitrogens with zero attached hydrogens (tertiary/aromatic N) is 3. The van der Waals surface area contributed by atoms with E-state index < -0.39 is 0 Å². The van der Waals surface area contributed by atoms with Gasteiger partial charge >= 0.3 is 0 Å². The summed E-state index contributed by atoms with van der Waals surface area (Å²) in [4.78, 5) is 2.62. The fraction of sp³-hybridized carbons (Fsp3) is 0.483. The summed E-state index contributed by atoms with van der Waals surface area (Å²) in [6.07, 6.45) is 2.96. The van der Waals surface area contributed by atoms with Crippen molar-refractivity contribution < 1.29 is 4.74 Å². The molecule has 4 heteroatoms. The Balaban J connectivity index is 1.74. The molecule has 33 heavy (non-hydrogen) atoms. The van der Waals surface area contributed by atoms with Gasteiger partial charge in [-0.15, -0.1) is 0 Å². The van der Waals surface area contributed by atoms with Crippen molar-refractivity contribution >= 4 is 0 Å². The van der Waals surface area contributed by atoms with E-state index in [-0.39, 0.29) is 0 Å². The van der Waals surface area contributed by atoms with Crippen LogP contribution in [0.15, 0.2) is 36.4 Å². The maximum Gasteiger partial charge on any atom is 0.0707 e. The Bertz CT molecular complexity index is 1090. The van der Waals surface area contributed by atoms with Gasteiger partial charge in [0.1, 0.15) is 0 Å². The fourth-order valence-corrected chi connectivity index (χ4v) is 5.51. The van der Waals surface area contributed by atoms with Crippen LogP contribution < -0.4 is 0 Å². The summed E-state index contributed by atoms with van der Waals surface area (Å²) in [6.45, 7) is 16.6. The lowest BCUT2D eigenvalue weighted by atomic mass is 9.93. The predicted octanol–water partition coefficient (Wildman–Crippen LogP) is 5.89. The van der Waals surface area contributed by atoms with Gasteiger partial charge in [0, 0.05) is 37.0 Å². The molecule has 0 spiro atoms. The number of hydrogen-bond acceptors (Lipinski definition) is 3. The van der Waals surface area contributed by atoms with Gasteiger partial charge in [-0.2, -0.15) is 5.10 Å². The van der Waals surface area contributed by atoms with Crippen LogP contribution >= 0.6 is 0 Å². The molecule has 1 aromatic heterocycles. The quantitative estimate of drug-likeness (QED) is 0.433. The van der Waals surface area contributed by atoms with Crippen LogP contribution in [0, 0.1) is 20.8 Å². The van der Waals surface area contributed by atoms with E-state index in [0.717, 1.165) is 45.6 Å². The van der Waals surface area contributed by atoms with Gasteiger partial charge in [-0.3, -0.25) is 4.90 Å². The molecule has 0 saturated heterocycles. The summed E-state index contributed by atoms with van der Waals surface area (Å²) in [7, 11) is 0. The number of rotatable bonds is 8. The second-order valence-corrected chi connectivity index (χ2v) is 9.43. The van der Waals surface area contributed by atoms with Crippen LogP contribution in [0.5, 0.6) is 0 Å². The van der Waals surface area contributed by atoms with Crippen molar-refractivity contribution in [1.29, 1.82) is 0 Å². The van der Waals surface area contributed by atoms with Crippen LogP contribution in [-0.2, 0) is 37.1 Å². The van der Waals surface area contributed by atoms with Crippen molar-refractivity contribution in [2.45, 2.75) is 79.9 Å². The first-order chi connectivity index (χ1) is 16.0. The molecule has 4 rings (SSSR count). The normalized spacial score (nSPS) is 16.2. The number of aromatic nitrogens is 2. The van der Waals surface area contributed by atoms with Gasteiger partial charge in [-0.25, -0.2) is 4.68 Å². The molecule has 0 saturated carbocycles. The monoisotopic (exact) mass is 445 g/mol. The molecule has 1 unspecified atom stereocenters. The molecule has 1 atom stereocenters. The molecule has 0 bridgehead atoms. The highest BCUT2D eigenvalue weighted by molar-refractivity contribution is 5.51. The van der Waals surface area contributed by atoms with Crippen molar-refractivity contribution in [2.24, 2.45) is 0 Å². The maximum absolute atomic E-state index is 5.92. The molecule has 0 amide bonds. The highest BCUT2D eigenvalue weighted by Gasteiger charge is 2.29. The van der Waals surface area contributed by atoms with E-state index in [9.17, 15) is 0 Å². The molecule has 0 radical (unpaired) electrons. The second-order valence-electron chi connectivity index (χ2n) is 9.43. The van der Waals surface area contributed by atoms with E-state index in [1.807, 2.05) is 0 Å². The molecular formula is C29H39N3O. The lowest BCUT2D eigenvalue weighted by Gasteiger charge is -2.37. The molecule has 0 N–H and O–H groups in total. The minimum Gasteiger partial charge on any atom is -0.380 e. The smallest absolute Gasteiger partial charge is 0.0707 e. The van der Waals surface area contributed by atoms with Crippen molar-refractivity contribution in [2.75, 3.05) is 13.2 Å². The molecule has 1 aliphatic rings. The van der Waals surface area contributed by atoms with Gasteiger partial charge in [0.05, 0.1) is 18.0 Å². The van der Waals surface area contributed by atoms with Gasteiger partial charge in [0.25, 0.3) is 0 Å². The second kappa shape index (κ2) is 10.2. The topological polar surface area (TPSA) is 30.3 Å². The number of fused-ring (bicyclic) bond motifs is 1. The highest BCUT2D eigenvalue weighted by atomic mass is 16.5. The Morgan fingerprint density at radius 3 is 2.30 bits per heavy atom. The Hall–Kier alpha value is -2.43. The van der Waals surface area contributed by atoms with Gasteiger partial charge in [-0.1, -0.05) is 55.8 Å². The lowest BCUT2D eigenvalue weighted by molar-refractivity contribution is 0.0511. The maximum atomic E-state index is 5.92. The van der Waals surface area contributed by atoms with E-state index in [2.05, 4.69) is 87.5 Å². The van der Waals surface area contributed by atoms with Gasteiger partial charge < -0.3 is 4.74 Å². The summed E-state index contributed by atoms with van der Waals surface area (Å²) in [5, 5.41) is 5.18. The van der Waals surface area contributed by atoms with E-state index in [1.54, 1.807) is 0 Å². The van der Waals surface area contributed by atoms with E-state index in [4.69, 9.17) is 9.84 Å². The van der Waals surface area contributed by atoms with Gasteiger partial charge in [-0.05, 0) is 69.2 Å². The van der Waals surface area contributed by atoms with Gasteiger partial charge in [0.15, 0.2) is 0 Å². The summed E-state index contributed by atoms with van der Waals surface area (Å²) < 4.78 is 8.17. The lowest BCUT2D eigenvalue weighted by Crippen LogP contribution is -2.43. The minimum atomic E-state index is 0.389. The molecule has 0 aliphatic carbocycles. The molecule has 1 aliphatic heterocycles. The van der Waals surface area contributed by atoms with Crippen LogP contribution in [0.1, 0.15) is 65.5 Å².